The second-order valence-electron chi connectivity index (χ2n) is 7.15. The highest BCUT2D eigenvalue weighted by Crippen LogP contribution is 2.35. The number of hydrogen-bond acceptors (Lipinski definition) is 7. The molecule has 1 fully saturated rings. The van der Waals surface area contributed by atoms with Crippen LogP contribution in [0.15, 0.2) is 41.3 Å². The van der Waals surface area contributed by atoms with Crippen molar-refractivity contribution in [3.63, 3.8) is 0 Å². The average molecular weight is 505 g/mol. The fraction of sp³-hybridized carbons (Fsp3) is 0.292. The van der Waals surface area contributed by atoms with E-state index >= 15 is 0 Å². The van der Waals surface area contributed by atoms with E-state index in [1.807, 2.05) is 13.8 Å². The zero-order valence-corrected chi connectivity index (χ0v) is 20.6. The van der Waals surface area contributed by atoms with Crippen molar-refractivity contribution in [3.8, 4) is 17.2 Å². The molecule has 34 heavy (non-hydrogen) atoms. The first-order valence-electron chi connectivity index (χ1n) is 10.6. The van der Waals surface area contributed by atoms with Crippen molar-refractivity contribution in [2.24, 2.45) is 0 Å². The van der Waals surface area contributed by atoms with Gasteiger partial charge >= 0.3 is 0 Å². The first kappa shape index (κ1) is 25.5. The van der Waals surface area contributed by atoms with Crippen molar-refractivity contribution < 1.29 is 28.6 Å². The van der Waals surface area contributed by atoms with Crippen LogP contribution in [0.25, 0.3) is 6.08 Å². The molecule has 0 unspecified atom stereocenters. The van der Waals surface area contributed by atoms with Gasteiger partial charge in [-0.2, -0.15) is 0 Å². The van der Waals surface area contributed by atoms with Crippen molar-refractivity contribution in [2.45, 2.75) is 20.3 Å². The van der Waals surface area contributed by atoms with E-state index in [4.69, 9.17) is 25.8 Å². The van der Waals surface area contributed by atoms with Gasteiger partial charge in [-0.15, -0.1) is 0 Å². The van der Waals surface area contributed by atoms with Gasteiger partial charge in [0.1, 0.15) is 12.3 Å². The van der Waals surface area contributed by atoms with Crippen LogP contribution in [0.1, 0.15) is 25.8 Å². The molecule has 2 aromatic rings. The lowest BCUT2D eigenvalue weighted by Gasteiger charge is -2.13. The van der Waals surface area contributed by atoms with Crippen LogP contribution in [-0.4, -0.2) is 48.8 Å². The number of rotatable bonds is 10. The van der Waals surface area contributed by atoms with E-state index in [1.54, 1.807) is 36.4 Å². The van der Waals surface area contributed by atoms with Crippen molar-refractivity contribution in [1.82, 2.24) is 4.90 Å². The number of nitrogens with one attached hydrogen (secondary N) is 1. The molecule has 1 aliphatic heterocycles. The molecule has 10 heteroatoms. The van der Waals surface area contributed by atoms with Crippen molar-refractivity contribution in [2.75, 3.05) is 32.2 Å². The third-order valence-electron chi connectivity index (χ3n) is 4.64. The minimum atomic E-state index is -0.540. The number of carbonyl (C=O) groups is 3. The molecule has 1 N–H and O–H groups in total. The number of carbonyl (C=O) groups excluding carboxylic acids is 3. The SMILES string of the molecule is CCCOc1ccc(/C=C2\SC(=O)N(CC(=O)Nc3ccc(OC)c(Cl)c3)C2=O)cc1OCC. The topological polar surface area (TPSA) is 94.2 Å². The lowest BCUT2D eigenvalue weighted by atomic mass is 10.2. The van der Waals surface area contributed by atoms with E-state index in [-0.39, 0.29) is 4.91 Å². The van der Waals surface area contributed by atoms with Gasteiger partial charge in [-0.25, -0.2) is 0 Å². The van der Waals surface area contributed by atoms with Crippen LogP contribution in [0.5, 0.6) is 17.2 Å². The molecule has 0 radical (unpaired) electrons. The van der Waals surface area contributed by atoms with E-state index in [0.717, 1.165) is 23.1 Å². The Bertz CT molecular complexity index is 1120. The Hall–Kier alpha value is -3.17. The molecule has 180 valence electrons. The number of amides is 3. The number of ether oxygens (including phenoxy) is 3. The van der Waals surface area contributed by atoms with E-state index in [0.29, 0.717) is 46.7 Å². The summed E-state index contributed by atoms with van der Waals surface area (Å²) in [5, 5.41) is 2.43. The maximum Gasteiger partial charge on any atom is 0.294 e. The number of thioether (sulfide) groups is 1. The summed E-state index contributed by atoms with van der Waals surface area (Å²) in [6.07, 6.45) is 2.46. The minimum absolute atomic E-state index is 0.218. The molecule has 0 aromatic heterocycles. The normalized spacial score (nSPS) is 14.5. The van der Waals surface area contributed by atoms with Gasteiger partial charge in [0.2, 0.25) is 5.91 Å². The number of benzene rings is 2. The fourth-order valence-electron chi connectivity index (χ4n) is 3.09. The van der Waals surface area contributed by atoms with E-state index < -0.39 is 23.6 Å². The molecule has 0 spiro atoms. The second-order valence-corrected chi connectivity index (χ2v) is 8.55. The van der Waals surface area contributed by atoms with Crippen LogP contribution >= 0.6 is 23.4 Å². The van der Waals surface area contributed by atoms with Crippen LogP contribution in [-0.2, 0) is 9.59 Å². The van der Waals surface area contributed by atoms with Gasteiger partial charge in [-0.05, 0) is 67.1 Å². The molecule has 0 saturated carbocycles. The lowest BCUT2D eigenvalue weighted by Crippen LogP contribution is -2.36. The largest absolute Gasteiger partial charge is 0.495 e. The molecule has 0 aliphatic carbocycles. The standard InChI is InChI=1S/C24H25ClN2O6S/c1-4-10-33-19-8-6-15(11-20(19)32-5-2)12-21-23(29)27(24(30)34-21)14-22(28)26-16-7-9-18(31-3)17(25)13-16/h6-9,11-13H,4-5,10,14H2,1-3H3,(H,26,28)/b21-12-. The first-order chi connectivity index (χ1) is 16.4. The van der Waals surface area contributed by atoms with Crippen LogP contribution in [0.4, 0.5) is 10.5 Å². The Balaban J connectivity index is 1.70. The molecule has 0 bridgehead atoms. The zero-order chi connectivity index (χ0) is 24.7. The van der Waals surface area contributed by atoms with Crippen molar-refractivity contribution in [3.05, 3.63) is 51.9 Å². The molecule has 2 aromatic carbocycles. The number of nitrogens with zero attached hydrogens (tertiary/aromatic N) is 1. The summed E-state index contributed by atoms with van der Waals surface area (Å²) in [4.78, 5) is 38.8. The molecule has 0 atom stereocenters. The van der Waals surface area contributed by atoms with Gasteiger partial charge in [0.25, 0.3) is 11.1 Å². The summed E-state index contributed by atoms with van der Waals surface area (Å²) >= 11 is 6.85. The van der Waals surface area contributed by atoms with Gasteiger partial charge in [0.05, 0.1) is 30.3 Å². The molecule has 8 nitrogen and oxygen atoms in total. The van der Waals surface area contributed by atoms with Gasteiger partial charge in [0, 0.05) is 5.69 Å². The maximum atomic E-state index is 12.8. The Kier molecular flexibility index (Phi) is 8.84. The highest BCUT2D eigenvalue weighted by Gasteiger charge is 2.36. The highest BCUT2D eigenvalue weighted by molar-refractivity contribution is 8.18. The summed E-state index contributed by atoms with van der Waals surface area (Å²) in [5.41, 5.74) is 1.10. The van der Waals surface area contributed by atoms with E-state index in [1.165, 1.54) is 13.2 Å². The average Bonchev–Trinajstić information content (AvgIpc) is 3.06. The number of halogens is 1. The summed E-state index contributed by atoms with van der Waals surface area (Å²) < 4.78 is 16.4. The Labute approximate surface area is 207 Å². The first-order valence-corrected chi connectivity index (χ1v) is 11.8. The summed E-state index contributed by atoms with van der Waals surface area (Å²) in [5.74, 6) is 0.571. The zero-order valence-electron chi connectivity index (χ0n) is 19.1. The Morgan fingerprint density at radius 2 is 1.85 bits per heavy atom. The predicted molar refractivity (Wildman–Crippen MR) is 133 cm³/mol. The van der Waals surface area contributed by atoms with Crippen LogP contribution in [0, 0.1) is 0 Å². The monoisotopic (exact) mass is 504 g/mol. The minimum Gasteiger partial charge on any atom is -0.495 e. The van der Waals surface area contributed by atoms with Crippen LogP contribution < -0.4 is 19.5 Å². The molecule has 3 amide bonds. The van der Waals surface area contributed by atoms with E-state index in [2.05, 4.69) is 5.32 Å². The molecule has 3 rings (SSSR count). The van der Waals surface area contributed by atoms with Crippen molar-refractivity contribution >= 4 is 52.2 Å². The maximum absolute atomic E-state index is 12.8. The number of imide groups is 1. The van der Waals surface area contributed by atoms with Crippen molar-refractivity contribution in [1.29, 1.82) is 0 Å². The third-order valence-corrected chi connectivity index (χ3v) is 5.84. The predicted octanol–water partition coefficient (Wildman–Crippen LogP) is 5.21. The quantitative estimate of drug-likeness (QED) is 0.444. The molecular formula is C24H25ClN2O6S. The highest BCUT2D eigenvalue weighted by atomic mass is 35.5. The molecule has 1 heterocycles. The fourth-order valence-corrected chi connectivity index (χ4v) is 4.19. The second kappa shape index (κ2) is 11.8. The smallest absolute Gasteiger partial charge is 0.294 e. The van der Waals surface area contributed by atoms with Gasteiger partial charge in [0.15, 0.2) is 11.5 Å². The Morgan fingerprint density at radius 1 is 1.09 bits per heavy atom. The number of hydrogen-bond donors (Lipinski definition) is 1. The van der Waals surface area contributed by atoms with Crippen LogP contribution in [0.3, 0.4) is 0 Å². The molecular weight excluding hydrogens is 480 g/mol. The van der Waals surface area contributed by atoms with Gasteiger partial charge < -0.3 is 19.5 Å². The molecule has 1 saturated heterocycles. The third kappa shape index (κ3) is 6.24. The van der Waals surface area contributed by atoms with E-state index in [9.17, 15) is 14.4 Å². The summed E-state index contributed by atoms with van der Waals surface area (Å²) in [6, 6.07) is 10.0. The van der Waals surface area contributed by atoms with Gasteiger partial charge in [-0.1, -0.05) is 24.6 Å². The summed E-state index contributed by atoms with van der Waals surface area (Å²) in [7, 11) is 1.49. The van der Waals surface area contributed by atoms with Gasteiger partial charge in [-0.3, -0.25) is 19.3 Å². The van der Waals surface area contributed by atoms with Crippen LogP contribution in [0.2, 0.25) is 5.02 Å². The summed E-state index contributed by atoms with van der Waals surface area (Å²) in [6.45, 7) is 4.48. The Morgan fingerprint density at radius 3 is 2.53 bits per heavy atom. The number of anilines is 1. The number of methoxy groups -OCH3 is 1. The lowest BCUT2D eigenvalue weighted by molar-refractivity contribution is -0.127. The molecule has 1 aliphatic rings.